The number of hydrogen-bond acceptors (Lipinski definition) is 5. The number of hydrogen-bond donors (Lipinski definition) is 0. The number of unbranched alkanes of at least 4 members (excludes halogenated alkanes) is 1. The Morgan fingerprint density at radius 2 is 1.33 bits per heavy atom. The van der Waals surface area contributed by atoms with E-state index in [0.717, 1.165) is 74.8 Å². The summed E-state index contributed by atoms with van der Waals surface area (Å²) < 4.78 is 19.5. The van der Waals surface area contributed by atoms with Crippen molar-refractivity contribution in [1.29, 1.82) is 0 Å². The average Bonchev–Trinajstić information content (AvgIpc) is 3.05. The summed E-state index contributed by atoms with van der Waals surface area (Å²) in [6.45, 7) is 21.5. The number of carbonyl (C=O) groups is 2. The highest BCUT2D eigenvalue weighted by atomic mass is 28.4. The zero-order valence-corrected chi connectivity index (χ0v) is 33.4. The molecule has 1 aromatic carbocycles. The average molecular weight is 675 g/mol. The zero-order chi connectivity index (χ0) is 34.6. The van der Waals surface area contributed by atoms with Gasteiger partial charge in [-0.05, 0) is 120 Å². The van der Waals surface area contributed by atoms with E-state index in [1.165, 1.54) is 5.56 Å². The molecule has 0 radical (unpaired) electrons. The van der Waals surface area contributed by atoms with Gasteiger partial charge < -0.3 is 13.6 Å². The second-order valence-electron chi connectivity index (χ2n) is 13.7. The third-order valence-corrected chi connectivity index (χ3v) is 19.9. The molecule has 0 saturated carbocycles. The Morgan fingerprint density at radius 1 is 0.761 bits per heavy atom. The lowest BCUT2D eigenvalue weighted by molar-refractivity contribution is -0.147. The molecule has 0 spiro atoms. The van der Waals surface area contributed by atoms with Crippen molar-refractivity contribution in [2.75, 3.05) is 0 Å². The molecule has 0 aromatic heterocycles. The van der Waals surface area contributed by atoms with Crippen molar-refractivity contribution in [3.8, 4) is 0 Å². The molecule has 0 amide bonds. The summed E-state index contributed by atoms with van der Waals surface area (Å²) in [5.41, 5.74) is 1.36. The number of Topliss-reactive ketones (excluding diaryl/α,β-unsaturated/α-hetero) is 1. The Labute approximate surface area is 285 Å². The fraction of sp³-hybridized carbons (Fsp3) is 0.744. The maximum Gasteiger partial charge on any atom is 0.306 e. The lowest BCUT2D eigenvalue weighted by Crippen LogP contribution is -2.44. The van der Waals surface area contributed by atoms with Gasteiger partial charge in [-0.25, -0.2) is 0 Å². The van der Waals surface area contributed by atoms with Crippen LogP contribution in [0.2, 0.25) is 36.3 Å². The molecule has 1 aromatic rings. The van der Waals surface area contributed by atoms with Gasteiger partial charge in [-0.2, -0.15) is 0 Å². The summed E-state index contributed by atoms with van der Waals surface area (Å²) in [7, 11) is -3.67. The summed E-state index contributed by atoms with van der Waals surface area (Å²) in [5.74, 6) is 0.124. The van der Waals surface area contributed by atoms with Crippen LogP contribution in [-0.2, 0) is 29.6 Å². The highest BCUT2D eigenvalue weighted by Crippen LogP contribution is 2.35. The molecule has 0 aliphatic heterocycles. The fourth-order valence-corrected chi connectivity index (χ4v) is 12.8. The van der Waals surface area contributed by atoms with Crippen LogP contribution in [0.15, 0.2) is 42.5 Å². The molecule has 1 rings (SSSR count). The smallest absolute Gasteiger partial charge is 0.306 e. The standard InChI is InChI=1S/C39H70O5Si2/c1-11-45(12-2,13-3)43-34(10)38(37(33(9)40)26-22-17-18-23-27-39(41)42-32(7)8)31-30-36(44-46(14-4,15-5)16-6)29-28-35-24-20-19-21-25-35/h17,19-22,24-25,32,34,36-38H,11-16,18,23,26-31H2,1-10H3/b22-17-/t34-,36+,37+,38+/m1/s1. The van der Waals surface area contributed by atoms with Gasteiger partial charge in [-0.15, -0.1) is 0 Å². The van der Waals surface area contributed by atoms with Crippen LogP contribution in [-0.4, -0.2) is 46.7 Å². The molecule has 264 valence electrons. The molecule has 7 heteroatoms. The van der Waals surface area contributed by atoms with E-state index in [4.69, 9.17) is 13.6 Å². The number of rotatable bonds is 26. The number of aryl methyl sites for hydroxylation is 1. The highest BCUT2D eigenvalue weighted by Gasteiger charge is 2.38. The normalized spacial score (nSPS) is 15.2. The number of ketones is 1. The van der Waals surface area contributed by atoms with Crippen molar-refractivity contribution in [3.63, 3.8) is 0 Å². The number of carbonyl (C=O) groups excluding carboxylic acids is 2. The van der Waals surface area contributed by atoms with Gasteiger partial charge in [0.25, 0.3) is 0 Å². The summed E-state index contributed by atoms with van der Waals surface area (Å²) in [5, 5.41) is 0. The number of allylic oxidation sites excluding steroid dienone is 2. The van der Waals surface area contributed by atoms with Crippen LogP contribution in [0.5, 0.6) is 0 Å². The number of esters is 1. The van der Waals surface area contributed by atoms with E-state index in [-0.39, 0.29) is 41.9 Å². The first-order valence-corrected chi connectivity index (χ1v) is 23.7. The third kappa shape index (κ3) is 15.1. The molecule has 46 heavy (non-hydrogen) atoms. The molecule has 0 N–H and O–H groups in total. The Kier molecular flexibility index (Phi) is 21.2. The largest absolute Gasteiger partial charge is 0.463 e. The van der Waals surface area contributed by atoms with Crippen molar-refractivity contribution in [2.45, 2.75) is 175 Å². The fourth-order valence-electron chi connectivity index (χ4n) is 6.90. The quantitative estimate of drug-likeness (QED) is 0.0423. The molecule has 0 unspecified atom stereocenters. The third-order valence-electron chi connectivity index (χ3n) is 10.5. The predicted molar refractivity (Wildman–Crippen MR) is 200 cm³/mol. The lowest BCUT2D eigenvalue weighted by atomic mass is 9.79. The SMILES string of the molecule is CC[Si](CC)(CC)O[C@@H](CCc1ccccc1)CC[C@@H]([C@@H](C)O[Si](CC)(CC)CC)[C@@H](C/C=C\CCCC(=O)OC(C)C)C(C)=O. The van der Waals surface area contributed by atoms with Crippen LogP contribution in [0.3, 0.4) is 0 Å². The molecule has 0 aliphatic carbocycles. The lowest BCUT2D eigenvalue weighted by Gasteiger charge is -2.39. The van der Waals surface area contributed by atoms with E-state index >= 15 is 0 Å². The van der Waals surface area contributed by atoms with Gasteiger partial charge in [0.1, 0.15) is 5.78 Å². The van der Waals surface area contributed by atoms with E-state index < -0.39 is 16.6 Å². The van der Waals surface area contributed by atoms with Crippen molar-refractivity contribution in [2.24, 2.45) is 11.8 Å². The van der Waals surface area contributed by atoms with Gasteiger partial charge in [0.2, 0.25) is 0 Å². The minimum Gasteiger partial charge on any atom is -0.463 e. The Bertz CT molecular complexity index is 971. The van der Waals surface area contributed by atoms with E-state index in [2.05, 4.69) is 91.0 Å². The van der Waals surface area contributed by atoms with Gasteiger partial charge >= 0.3 is 5.97 Å². The predicted octanol–water partition coefficient (Wildman–Crippen LogP) is 11.1. The summed E-state index contributed by atoms with van der Waals surface area (Å²) in [4.78, 5) is 25.3. The van der Waals surface area contributed by atoms with Crippen LogP contribution < -0.4 is 0 Å². The van der Waals surface area contributed by atoms with Gasteiger partial charge in [0.15, 0.2) is 16.6 Å². The van der Waals surface area contributed by atoms with Crippen molar-refractivity contribution in [1.82, 2.24) is 0 Å². The first-order chi connectivity index (χ1) is 21.9. The van der Waals surface area contributed by atoms with Crippen molar-refractivity contribution >= 4 is 28.4 Å². The van der Waals surface area contributed by atoms with Crippen LogP contribution in [0, 0.1) is 11.8 Å². The summed E-state index contributed by atoms with van der Waals surface area (Å²) >= 11 is 0. The molecule has 4 atom stereocenters. The number of benzene rings is 1. The molecule has 0 aliphatic rings. The van der Waals surface area contributed by atoms with Gasteiger partial charge in [-0.3, -0.25) is 9.59 Å². The van der Waals surface area contributed by atoms with Gasteiger partial charge in [0, 0.05) is 24.5 Å². The van der Waals surface area contributed by atoms with E-state index in [1.54, 1.807) is 6.92 Å². The molecular weight excluding hydrogens is 605 g/mol. The first-order valence-electron chi connectivity index (χ1n) is 18.7. The first kappa shape index (κ1) is 42.5. The maximum absolute atomic E-state index is 13.3. The van der Waals surface area contributed by atoms with Crippen LogP contribution >= 0.6 is 0 Å². The molecule has 0 heterocycles. The Balaban J connectivity index is 3.23. The van der Waals surface area contributed by atoms with Crippen LogP contribution in [0.4, 0.5) is 0 Å². The Hall–Kier alpha value is -1.55. The second-order valence-corrected chi connectivity index (χ2v) is 23.1. The van der Waals surface area contributed by atoms with Crippen LogP contribution in [0.1, 0.15) is 120 Å². The van der Waals surface area contributed by atoms with Gasteiger partial charge in [0.05, 0.1) is 6.10 Å². The van der Waals surface area contributed by atoms with Crippen LogP contribution in [0.25, 0.3) is 0 Å². The minimum atomic E-state index is -1.86. The monoisotopic (exact) mass is 674 g/mol. The summed E-state index contributed by atoms with van der Waals surface area (Å²) in [6.07, 6.45) is 11.0. The highest BCUT2D eigenvalue weighted by molar-refractivity contribution is 6.74. The minimum absolute atomic E-state index is 0.0138. The Morgan fingerprint density at radius 3 is 1.85 bits per heavy atom. The molecule has 0 saturated heterocycles. The van der Waals surface area contributed by atoms with E-state index in [1.807, 2.05) is 13.8 Å². The topological polar surface area (TPSA) is 61.8 Å². The van der Waals surface area contributed by atoms with Gasteiger partial charge in [-0.1, -0.05) is 84.0 Å². The van der Waals surface area contributed by atoms with E-state index in [9.17, 15) is 9.59 Å². The number of ether oxygens (including phenoxy) is 1. The molecule has 5 nitrogen and oxygen atoms in total. The zero-order valence-electron chi connectivity index (χ0n) is 31.4. The second kappa shape index (κ2) is 22.9. The van der Waals surface area contributed by atoms with E-state index in [0.29, 0.717) is 12.8 Å². The van der Waals surface area contributed by atoms with Crippen molar-refractivity contribution < 1.29 is 23.2 Å². The maximum atomic E-state index is 13.3. The molecule has 0 bridgehead atoms. The van der Waals surface area contributed by atoms with Crippen molar-refractivity contribution in [3.05, 3.63) is 48.0 Å². The molecular formula is C39H70O5Si2. The molecule has 0 fully saturated rings. The summed E-state index contributed by atoms with van der Waals surface area (Å²) in [6, 6.07) is 17.5.